The van der Waals surface area contributed by atoms with Crippen LogP contribution in [0.3, 0.4) is 0 Å². The molecule has 1 atom stereocenters. The lowest BCUT2D eigenvalue weighted by Crippen LogP contribution is -2.49. The van der Waals surface area contributed by atoms with Gasteiger partial charge in [-0.1, -0.05) is 12.1 Å². The Morgan fingerprint density at radius 2 is 2.17 bits per heavy atom. The third-order valence-electron chi connectivity index (χ3n) is 4.42. The summed E-state index contributed by atoms with van der Waals surface area (Å²) in [5, 5.41) is 0. The molecule has 0 radical (unpaired) electrons. The van der Waals surface area contributed by atoms with E-state index in [-0.39, 0.29) is 0 Å². The maximum absolute atomic E-state index is 5.98. The maximum Gasteiger partial charge on any atom is 0.0346 e. The topological polar surface area (TPSA) is 32.5 Å². The molecule has 0 saturated carbocycles. The fraction of sp³-hybridized carbons (Fsp3) is 0.600. The van der Waals surface area contributed by atoms with Gasteiger partial charge in [-0.3, -0.25) is 9.80 Å². The number of piperazine rings is 1. The summed E-state index contributed by atoms with van der Waals surface area (Å²) in [5.41, 5.74) is 9.44. The Labute approximate surface area is 110 Å². The molecule has 1 unspecified atom stereocenters. The smallest absolute Gasteiger partial charge is 0.0346 e. The second-order valence-electron chi connectivity index (χ2n) is 5.76. The van der Waals surface area contributed by atoms with Gasteiger partial charge in [0.2, 0.25) is 0 Å². The van der Waals surface area contributed by atoms with Crippen LogP contribution in [-0.4, -0.2) is 42.0 Å². The first kappa shape index (κ1) is 12.0. The molecule has 1 aromatic rings. The van der Waals surface area contributed by atoms with Crippen LogP contribution in [0.5, 0.6) is 0 Å². The van der Waals surface area contributed by atoms with Crippen molar-refractivity contribution in [3.63, 3.8) is 0 Å². The van der Waals surface area contributed by atoms with E-state index in [9.17, 15) is 0 Å². The van der Waals surface area contributed by atoms with E-state index in [1.54, 1.807) is 0 Å². The van der Waals surface area contributed by atoms with Crippen molar-refractivity contribution in [1.82, 2.24) is 9.80 Å². The lowest BCUT2D eigenvalue weighted by atomic mass is 10.1. The summed E-state index contributed by atoms with van der Waals surface area (Å²) in [4.78, 5) is 5.23. The highest BCUT2D eigenvalue weighted by Crippen LogP contribution is 2.23. The Balaban J connectivity index is 1.64. The minimum absolute atomic E-state index is 0.807. The molecule has 0 spiro atoms. The van der Waals surface area contributed by atoms with Gasteiger partial charge >= 0.3 is 0 Å². The van der Waals surface area contributed by atoms with Gasteiger partial charge in [0.05, 0.1) is 0 Å². The molecule has 0 aliphatic carbocycles. The largest absolute Gasteiger partial charge is 0.399 e. The van der Waals surface area contributed by atoms with Crippen LogP contribution in [0.15, 0.2) is 18.2 Å². The maximum atomic E-state index is 5.98. The van der Waals surface area contributed by atoms with Crippen molar-refractivity contribution in [1.29, 1.82) is 0 Å². The van der Waals surface area contributed by atoms with E-state index in [0.29, 0.717) is 0 Å². The van der Waals surface area contributed by atoms with Crippen LogP contribution < -0.4 is 5.73 Å². The van der Waals surface area contributed by atoms with Crippen LogP contribution in [0, 0.1) is 6.92 Å². The van der Waals surface area contributed by atoms with Crippen molar-refractivity contribution in [2.75, 3.05) is 31.9 Å². The van der Waals surface area contributed by atoms with Gasteiger partial charge in [-0.2, -0.15) is 0 Å². The van der Waals surface area contributed by atoms with E-state index in [4.69, 9.17) is 5.73 Å². The van der Waals surface area contributed by atoms with Crippen molar-refractivity contribution >= 4 is 5.69 Å². The van der Waals surface area contributed by atoms with Gasteiger partial charge < -0.3 is 5.73 Å². The number of anilines is 1. The molecule has 2 heterocycles. The Morgan fingerprint density at radius 1 is 1.28 bits per heavy atom. The van der Waals surface area contributed by atoms with Crippen molar-refractivity contribution in [2.24, 2.45) is 0 Å². The summed E-state index contributed by atoms with van der Waals surface area (Å²) in [6, 6.07) is 7.29. The zero-order valence-electron chi connectivity index (χ0n) is 11.2. The monoisotopic (exact) mass is 245 g/mol. The number of nitrogens with zero attached hydrogens (tertiary/aromatic N) is 2. The predicted molar refractivity (Wildman–Crippen MR) is 75.5 cm³/mol. The first-order chi connectivity index (χ1) is 8.72. The quantitative estimate of drug-likeness (QED) is 0.807. The first-order valence-electron chi connectivity index (χ1n) is 7.04. The molecule has 0 aromatic heterocycles. The second kappa shape index (κ2) is 4.90. The molecule has 18 heavy (non-hydrogen) atoms. The number of nitrogens with two attached hydrogens (primary N) is 1. The van der Waals surface area contributed by atoms with Crippen LogP contribution in [0.4, 0.5) is 5.69 Å². The van der Waals surface area contributed by atoms with E-state index >= 15 is 0 Å². The highest BCUT2D eigenvalue weighted by atomic mass is 15.3. The summed E-state index contributed by atoms with van der Waals surface area (Å²) in [6.45, 7) is 8.10. The fourth-order valence-electron chi connectivity index (χ4n) is 3.25. The van der Waals surface area contributed by atoms with Crippen LogP contribution in [0.1, 0.15) is 24.0 Å². The summed E-state index contributed by atoms with van der Waals surface area (Å²) >= 11 is 0. The average Bonchev–Trinajstić information content (AvgIpc) is 2.81. The molecule has 2 saturated heterocycles. The summed E-state index contributed by atoms with van der Waals surface area (Å²) in [5.74, 6) is 0. The summed E-state index contributed by atoms with van der Waals surface area (Å²) in [7, 11) is 0. The number of aryl methyl sites for hydroxylation is 1. The molecule has 0 amide bonds. The van der Waals surface area contributed by atoms with E-state index in [1.807, 2.05) is 0 Å². The fourth-order valence-corrected chi connectivity index (χ4v) is 3.25. The third-order valence-corrected chi connectivity index (χ3v) is 4.42. The van der Waals surface area contributed by atoms with Crippen molar-refractivity contribution in [2.45, 2.75) is 32.4 Å². The van der Waals surface area contributed by atoms with Gasteiger partial charge in [-0.05, 0) is 43.5 Å². The molecule has 3 rings (SSSR count). The van der Waals surface area contributed by atoms with Crippen molar-refractivity contribution in [3.8, 4) is 0 Å². The Kier molecular flexibility index (Phi) is 3.27. The molecule has 2 N–H and O–H groups in total. The molecule has 3 heteroatoms. The van der Waals surface area contributed by atoms with Crippen LogP contribution in [0.25, 0.3) is 0 Å². The molecule has 2 fully saturated rings. The third kappa shape index (κ3) is 2.38. The molecule has 1 aromatic carbocycles. The van der Waals surface area contributed by atoms with Gasteiger partial charge in [-0.15, -0.1) is 0 Å². The summed E-state index contributed by atoms with van der Waals surface area (Å²) < 4.78 is 0. The lowest BCUT2D eigenvalue weighted by molar-refractivity contribution is 0.0994. The zero-order chi connectivity index (χ0) is 12.5. The second-order valence-corrected chi connectivity index (χ2v) is 5.76. The molecule has 2 aliphatic rings. The first-order valence-corrected chi connectivity index (χ1v) is 7.04. The molecule has 0 bridgehead atoms. The van der Waals surface area contributed by atoms with Crippen molar-refractivity contribution < 1.29 is 0 Å². The molecular weight excluding hydrogens is 222 g/mol. The van der Waals surface area contributed by atoms with Gasteiger partial charge in [0.1, 0.15) is 0 Å². The minimum Gasteiger partial charge on any atom is -0.399 e. The normalized spacial score (nSPS) is 25.3. The van der Waals surface area contributed by atoms with E-state index in [2.05, 4.69) is 34.9 Å². The highest BCUT2D eigenvalue weighted by Gasteiger charge is 2.30. The van der Waals surface area contributed by atoms with Crippen LogP contribution >= 0.6 is 0 Å². The van der Waals surface area contributed by atoms with Crippen LogP contribution in [-0.2, 0) is 6.54 Å². The number of benzene rings is 1. The van der Waals surface area contributed by atoms with E-state index in [0.717, 1.165) is 18.3 Å². The SMILES string of the molecule is Cc1ccc(CN2CCN3CCCC3C2)cc1N. The number of rotatable bonds is 2. The number of hydrogen-bond donors (Lipinski definition) is 1. The predicted octanol–water partition coefficient (Wildman–Crippen LogP) is 1.86. The molecule has 2 aliphatic heterocycles. The Hall–Kier alpha value is -1.06. The van der Waals surface area contributed by atoms with Crippen molar-refractivity contribution in [3.05, 3.63) is 29.3 Å². The highest BCUT2D eigenvalue weighted by molar-refractivity contribution is 5.48. The Bertz CT molecular complexity index is 430. The van der Waals surface area contributed by atoms with Gasteiger partial charge in [0, 0.05) is 37.9 Å². The molecule has 98 valence electrons. The van der Waals surface area contributed by atoms with E-state index in [1.165, 1.54) is 50.1 Å². The molecular formula is C15H23N3. The number of nitrogen functional groups attached to an aromatic ring is 1. The minimum atomic E-state index is 0.807. The van der Waals surface area contributed by atoms with Gasteiger partial charge in [0.15, 0.2) is 0 Å². The molecule has 3 nitrogen and oxygen atoms in total. The van der Waals surface area contributed by atoms with E-state index < -0.39 is 0 Å². The summed E-state index contributed by atoms with van der Waals surface area (Å²) in [6.07, 6.45) is 2.77. The lowest BCUT2D eigenvalue weighted by Gasteiger charge is -2.37. The van der Waals surface area contributed by atoms with Gasteiger partial charge in [0.25, 0.3) is 0 Å². The average molecular weight is 245 g/mol. The number of fused-ring (bicyclic) bond motifs is 1. The number of hydrogen-bond acceptors (Lipinski definition) is 3. The zero-order valence-corrected chi connectivity index (χ0v) is 11.2. The Morgan fingerprint density at radius 3 is 3.00 bits per heavy atom. The van der Waals surface area contributed by atoms with Crippen LogP contribution in [0.2, 0.25) is 0 Å². The van der Waals surface area contributed by atoms with Gasteiger partial charge in [-0.25, -0.2) is 0 Å². The standard InChI is InChI=1S/C15H23N3/c1-12-4-5-13(9-15(12)16)10-17-7-8-18-6-2-3-14(18)11-17/h4-5,9,14H,2-3,6-8,10-11,16H2,1H3.